The fourth-order valence-corrected chi connectivity index (χ4v) is 4.34. The van der Waals surface area contributed by atoms with E-state index in [2.05, 4.69) is 15.5 Å². The van der Waals surface area contributed by atoms with Gasteiger partial charge in [-0.05, 0) is 38.0 Å². The number of nitrogens with one attached hydrogen (secondary N) is 2. The molecule has 1 unspecified atom stereocenters. The van der Waals surface area contributed by atoms with Crippen LogP contribution in [0.5, 0.6) is 0 Å². The van der Waals surface area contributed by atoms with Crippen LogP contribution in [0.25, 0.3) is 0 Å². The Morgan fingerprint density at radius 1 is 1.21 bits per heavy atom. The molecule has 0 aliphatic carbocycles. The Morgan fingerprint density at radius 2 is 2.00 bits per heavy atom. The monoisotopic (exact) mass is 477 g/mol. The lowest BCUT2D eigenvalue weighted by atomic mass is 9.94. The lowest BCUT2D eigenvalue weighted by Gasteiger charge is -2.36. The van der Waals surface area contributed by atoms with Crippen molar-refractivity contribution >= 4 is 29.6 Å². The first-order valence-electron chi connectivity index (χ1n) is 11.3. The quantitative estimate of drug-likeness (QED) is 0.614. The Morgan fingerprint density at radius 3 is 2.70 bits per heavy atom. The molecule has 0 spiro atoms. The number of ether oxygens (including phenoxy) is 1. The van der Waals surface area contributed by atoms with Crippen molar-refractivity contribution in [2.24, 2.45) is 0 Å². The number of benzene rings is 1. The maximum atomic E-state index is 13.1. The number of hydrogen-bond acceptors (Lipinski definition) is 5. The third kappa shape index (κ3) is 5.97. The fraction of sp³-hybridized carbons (Fsp3) is 0.522. The number of likely N-dealkylation sites (N-methyl/N-ethyl adjacent to an activating group) is 1. The molecule has 0 saturated carbocycles. The van der Waals surface area contributed by atoms with Gasteiger partial charge < -0.3 is 20.3 Å². The van der Waals surface area contributed by atoms with Crippen LogP contribution in [-0.2, 0) is 9.53 Å². The minimum Gasteiger partial charge on any atom is -0.463 e. The number of hydrogen-bond donors (Lipinski definition) is 2. The zero-order chi connectivity index (χ0) is 24.0. The highest BCUT2D eigenvalue weighted by molar-refractivity contribution is 6.30. The zero-order valence-corrected chi connectivity index (χ0v) is 20.2. The summed E-state index contributed by atoms with van der Waals surface area (Å²) >= 11 is 6.19. The van der Waals surface area contributed by atoms with Crippen LogP contribution in [0.1, 0.15) is 31.9 Å². The molecule has 33 heavy (non-hydrogen) atoms. The Balaban J connectivity index is 1.92. The summed E-state index contributed by atoms with van der Waals surface area (Å²) in [5.41, 5.74) is 1.70. The smallest absolute Gasteiger partial charge is 0.338 e. The molecule has 1 aromatic carbocycles. The van der Waals surface area contributed by atoms with Gasteiger partial charge in [0.2, 0.25) is 0 Å². The van der Waals surface area contributed by atoms with Crippen LogP contribution in [0.3, 0.4) is 0 Å². The lowest BCUT2D eigenvalue weighted by Crippen LogP contribution is -2.49. The first-order valence-corrected chi connectivity index (χ1v) is 11.7. The van der Waals surface area contributed by atoms with Gasteiger partial charge in [-0.3, -0.25) is 9.80 Å². The van der Waals surface area contributed by atoms with Gasteiger partial charge in [-0.15, -0.1) is 0 Å². The van der Waals surface area contributed by atoms with E-state index >= 15 is 0 Å². The summed E-state index contributed by atoms with van der Waals surface area (Å²) in [6.45, 7) is 7.45. The number of carbonyl (C=O) groups is 3. The number of carbonyl (C=O) groups excluding carboxylic acids is 3. The second-order valence-electron chi connectivity index (χ2n) is 8.03. The molecule has 0 bridgehead atoms. The standard InChI is InChI=1S/C23H32ClN5O4/c1-4-25-22(31)29-11-7-10-28(12-13-29)15-18-19(21(30)33-5-2)20(26-23(32)27(18)3)16-8-6-9-17(24)14-16/h6,8-9,14,20H,4-5,7,10-13,15H2,1-3H3,(H,25,31)(H,26,32). The fourth-order valence-electron chi connectivity index (χ4n) is 4.14. The van der Waals surface area contributed by atoms with E-state index in [4.69, 9.17) is 16.3 Å². The summed E-state index contributed by atoms with van der Waals surface area (Å²) in [7, 11) is 1.65. The molecule has 0 aromatic heterocycles. The largest absolute Gasteiger partial charge is 0.463 e. The van der Waals surface area contributed by atoms with Gasteiger partial charge in [-0.1, -0.05) is 23.7 Å². The van der Waals surface area contributed by atoms with Crippen molar-refractivity contribution in [2.75, 3.05) is 52.9 Å². The van der Waals surface area contributed by atoms with E-state index in [1.165, 1.54) is 4.90 Å². The number of amides is 4. The third-order valence-electron chi connectivity index (χ3n) is 5.83. The predicted octanol–water partition coefficient (Wildman–Crippen LogP) is 2.59. The summed E-state index contributed by atoms with van der Waals surface area (Å²) in [5, 5.41) is 6.26. The SMILES string of the molecule is CCNC(=O)N1CCCN(CC2=C(C(=O)OCC)C(c3cccc(Cl)c3)NC(=O)N2C)CC1. The molecule has 1 fully saturated rings. The van der Waals surface area contributed by atoms with Gasteiger partial charge in [-0.2, -0.15) is 0 Å². The van der Waals surface area contributed by atoms with Gasteiger partial charge in [0.05, 0.1) is 18.2 Å². The summed E-state index contributed by atoms with van der Waals surface area (Å²) in [5.74, 6) is -0.469. The van der Waals surface area contributed by atoms with Crippen LogP contribution < -0.4 is 10.6 Å². The first-order chi connectivity index (χ1) is 15.8. The van der Waals surface area contributed by atoms with Gasteiger partial charge in [0, 0.05) is 57.0 Å². The molecule has 10 heteroatoms. The van der Waals surface area contributed by atoms with E-state index < -0.39 is 12.0 Å². The summed E-state index contributed by atoms with van der Waals surface area (Å²) in [6, 6.07) is 6.06. The van der Waals surface area contributed by atoms with Crippen LogP contribution in [0.4, 0.5) is 9.59 Å². The van der Waals surface area contributed by atoms with Gasteiger partial charge in [0.25, 0.3) is 0 Å². The molecule has 3 rings (SSSR count). The Kier molecular flexibility index (Phi) is 8.57. The third-order valence-corrected chi connectivity index (χ3v) is 6.07. The maximum Gasteiger partial charge on any atom is 0.338 e. The van der Waals surface area contributed by atoms with Gasteiger partial charge in [0.15, 0.2) is 0 Å². The molecule has 2 aliphatic heterocycles. The molecular formula is C23H32ClN5O4. The van der Waals surface area contributed by atoms with Crippen LogP contribution in [-0.4, -0.2) is 85.7 Å². The summed E-state index contributed by atoms with van der Waals surface area (Å²) in [6.07, 6.45) is 0.798. The van der Waals surface area contributed by atoms with Crippen LogP contribution in [0.15, 0.2) is 35.5 Å². The Bertz CT molecular complexity index is 922. The highest BCUT2D eigenvalue weighted by atomic mass is 35.5. The van der Waals surface area contributed by atoms with E-state index in [-0.39, 0.29) is 18.7 Å². The van der Waals surface area contributed by atoms with Crippen molar-refractivity contribution in [1.29, 1.82) is 0 Å². The lowest BCUT2D eigenvalue weighted by molar-refractivity contribution is -0.139. The number of rotatable bonds is 6. The number of nitrogens with zero attached hydrogens (tertiary/aromatic N) is 3. The van der Waals surface area contributed by atoms with Crippen LogP contribution in [0, 0.1) is 0 Å². The molecule has 0 radical (unpaired) electrons. The molecule has 180 valence electrons. The van der Waals surface area contributed by atoms with E-state index in [0.29, 0.717) is 54.6 Å². The molecule has 2 aliphatic rings. The van der Waals surface area contributed by atoms with Gasteiger partial charge in [-0.25, -0.2) is 14.4 Å². The minimum atomic E-state index is -0.666. The molecule has 1 aromatic rings. The molecule has 2 N–H and O–H groups in total. The van der Waals surface area contributed by atoms with Crippen LogP contribution >= 0.6 is 11.6 Å². The number of esters is 1. The molecule has 1 saturated heterocycles. The van der Waals surface area contributed by atoms with E-state index in [0.717, 1.165) is 13.0 Å². The van der Waals surface area contributed by atoms with Crippen LogP contribution in [0.2, 0.25) is 5.02 Å². The minimum absolute atomic E-state index is 0.0686. The highest BCUT2D eigenvalue weighted by Gasteiger charge is 2.37. The molecular weight excluding hydrogens is 446 g/mol. The predicted molar refractivity (Wildman–Crippen MR) is 126 cm³/mol. The van der Waals surface area contributed by atoms with Crippen molar-refractivity contribution in [3.63, 3.8) is 0 Å². The average Bonchev–Trinajstić information content (AvgIpc) is 3.02. The normalized spacial score (nSPS) is 19.8. The molecule has 1 atom stereocenters. The second-order valence-corrected chi connectivity index (χ2v) is 8.47. The van der Waals surface area contributed by atoms with E-state index in [1.54, 1.807) is 37.1 Å². The summed E-state index contributed by atoms with van der Waals surface area (Å²) in [4.78, 5) is 43.6. The Labute approximate surface area is 199 Å². The van der Waals surface area contributed by atoms with E-state index in [9.17, 15) is 14.4 Å². The number of halogens is 1. The van der Waals surface area contributed by atoms with Gasteiger partial charge in [0.1, 0.15) is 0 Å². The van der Waals surface area contributed by atoms with Crippen molar-refractivity contribution < 1.29 is 19.1 Å². The summed E-state index contributed by atoms with van der Waals surface area (Å²) < 4.78 is 5.38. The number of urea groups is 2. The molecule has 4 amide bonds. The maximum absolute atomic E-state index is 13.1. The van der Waals surface area contributed by atoms with Crippen molar-refractivity contribution in [3.8, 4) is 0 Å². The van der Waals surface area contributed by atoms with Crippen molar-refractivity contribution in [1.82, 2.24) is 25.3 Å². The van der Waals surface area contributed by atoms with Gasteiger partial charge >= 0.3 is 18.0 Å². The Hall–Kier alpha value is -2.78. The second kappa shape index (κ2) is 11.4. The van der Waals surface area contributed by atoms with E-state index in [1.807, 2.05) is 13.0 Å². The average molecular weight is 478 g/mol. The first kappa shape index (κ1) is 24.9. The topological polar surface area (TPSA) is 94.2 Å². The van der Waals surface area contributed by atoms with Crippen molar-refractivity contribution in [2.45, 2.75) is 26.3 Å². The zero-order valence-electron chi connectivity index (χ0n) is 19.4. The van der Waals surface area contributed by atoms with Crippen molar-refractivity contribution in [3.05, 3.63) is 46.1 Å². The highest BCUT2D eigenvalue weighted by Crippen LogP contribution is 2.32. The molecule has 9 nitrogen and oxygen atoms in total. The molecule has 2 heterocycles.